The standard InChI is InChI=1S/C16H16O2S/c1-12(16(17)13-8-4-3-5-9-13)19-15-11-7-6-10-14(15)18-2/h3-12H,1-2H3. The highest BCUT2D eigenvalue weighted by Gasteiger charge is 2.17. The Labute approximate surface area is 117 Å². The first-order valence-corrected chi connectivity index (χ1v) is 6.99. The Morgan fingerprint density at radius 1 is 1.05 bits per heavy atom. The van der Waals surface area contributed by atoms with E-state index >= 15 is 0 Å². The number of Topliss-reactive ketones (excluding diaryl/α,β-unsaturated/α-hetero) is 1. The van der Waals surface area contributed by atoms with Gasteiger partial charge in [-0.15, -0.1) is 11.8 Å². The maximum Gasteiger partial charge on any atom is 0.175 e. The van der Waals surface area contributed by atoms with Gasteiger partial charge in [0, 0.05) is 5.56 Å². The van der Waals surface area contributed by atoms with Crippen LogP contribution < -0.4 is 4.74 Å². The van der Waals surface area contributed by atoms with Crippen LogP contribution in [0.25, 0.3) is 0 Å². The first-order chi connectivity index (χ1) is 9.22. The second-order valence-corrected chi connectivity index (χ2v) is 5.52. The molecule has 19 heavy (non-hydrogen) atoms. The topological polar surface area (TPSA) is 26.3 Å². The van der Waals surface area contributed by atoms with Crippen molar-refractivity contribution >= 4 is 17.5 Å². The summed E-state index contributed by atoms with van der Waals surface area (Å²) in [6, 6.07) is 17.1. The lowest BCUT2D eigenvalue weighted by Gasteiger charge is -2.12. The average molecular weight is 272 g/mol. The molecule has 0 saturated carbocycles. The minimum absolute atomic E-state index is 0.136. The van der Waals surface area contributed by atoms with E-state index in [2.05, 4.69) is 0 Å². The van der Waals surface area contributed by atoms with Crippen molar-refractivity contribution in [3.8, 4) is 5.75 Å². The van der Waals surface area contributed by atoms with E-state index in [9.17, 15) is 4.79 Å². The molecule has 0 aliphatic heterocycles. The maximum atomic E-state index is 12.3. The highest BCUT2D eigenvalue weighted by atomic mass is 32.2. The summed E-state index contributed by atoms with van der Waals surface area (Å²) in [7, 11) is 1.64. The van der Waals surface area contributed by atoms with Crippen LogP contribution in [0, 0.1) is 0 Å². The molecule has 0 radical (unpaired) electrons. The zero-order chi connectivity index (χ0) is 13.7. The third kappa shape index (κ3) is 3.38. The SMILES string of the molecule is COc1ccccc1SC(C)C(=O)c1ccccc1. The summed E-state index contributed by atoms with van der Waals surface area (Å²) >= 11 is 1.52. The van der Waals surface area contributed by atoms with Gasteiger partial charge in [-0.25, -0.2) is 0 Å². The van der Waals surface area contributed by atoms with Gasteiger partial charge in [0.05, 0.1) is 17.3 Å². The molecule has 0 fully saturated rings. The molecule has 0 aromatic heterocycles. The summed E-state index contributed by atoms with van der Waals surface area (Å²) < 4.78 is 5.30. The van der Waals surface area contributed by atoms with Crippen LogP contribution in [0.1, 0.15) is 17.3 Å². The van der Waals surface area contributed by atoms with Gasteiger partial charge in [0.25, 0.3) is 0 Å². The van der Waals surface area contributed by atoms with Crippen molar-refractivity contribution < 1.29 is 9.53 Å². The van der Waals surface area contributed by atoms with Crippen LogP contribution in [-0.2, 0) is 0 Å². The fourth-order valence-corrected chi connectivity index (χ4v) is 2.85. The van der Waals surface area contributed by atoms with E-state index in [1.165, 1.54) is 11.8 Å². The number of methoxy groups -OCH3 is 1. The third-order valence-corrected chi connectivity index (χ3v) is 3.96. The van der Waals surface area contributed by atoms with Gasteiger partial charge in [0.15, 0.2) is 5.78 Å². The van der Waals surface area contributed by atoms with Gasteiger partial charge in [-0.1, -0.05) is 42.5 Å². The first kappa shape index (κ1) is 13.7. The zero-order valence-corrected chi connectivity index (χ0v) is 11.8. The Morgan fingerprint density at radius 2 is 1.68 bits per heavy atom. The fourth-order valence-electron chi connectivity index (χ4n) is 1.80. The smallest absolute Gasteiger partial charge is 0.175 e. The Balaban J connectivity index is 2.13. The largest absolute Gasteiger partial charge is 0.496 e. The molecule has 3 heteroatoms. The van der Waals surface area contributed by atoms with Crippen LogP contribution in [0.3, 0.4) is 0 Å². The number of hydrogen-bond donors (Lipinski definition) is 0. The molecule has 0 aliphatic carbocycles. The normalized spacial score (nSPS) is 11.9. The second kappa shape index (κ2) is 6.43. The van der Waals surface area contributed by atoms with Crippen LogP contribution >= 0.6 is 11.8 Å². The predicted molar refractivity (Wildman–Crippen MR) is 79.1 cm³/mol. The van der Waals surface area contributed by atoms with E-state index in [-0.39, 0.29) is 11.0 Å². The molecule has 0 saturated heterocycles. The number of benzene rings is 2. The second-order valence-electron chi connectivity index (χ2n) is 4.14. The Hall–Kier alpha value is -1.74. The average Bonchev–Trinajstić information content (AvgIpc) is 2.48. The molecule has 2 aromatic rings. The van der Waals surface area contributed by atoms with E-state index in [4.69, 9.17) is 4.74 Å². The molecule has 0 N–H and O–H groups in total. The van der Waals surface area contributed by atoms with Crippen molar-refractivity contribution in [2.75, 3.05) is 7.11 Å². The van der Waals surface area contributed by atoms with Crippen molar-refractivity contribution in [2.24, 2.45) is 0 Å². The van der Waals surface area contributed by atoms with Crippen LogP contribution in [0.2, 0.25) is 0 Å². The van der Waals surface area contributed by atoms with Gasteiger partial charge >= 0.3 is 0 Å². The Kier molecular flexibility index (Phi) is 4.63. The summed E-state index contributed by atoms with van der Waals surface area (Å²) in [5.41, 5.74) is 0.748. The van der Waals surface area contributed by atoms with Gasteiger partial charge in [-0.2, -0.15) is 0 Å². The molecule has 0 bridgehead atoms. The lowest BCUT2D eigenvalue weighted by molar-refractivity contribution is 0.0994. The van der Waals surface area contributed by atoms with Gasteiger partial charge in [0.1, 0.15) is 5.75 Å². The van der Waals surface area contributed by atoms with Crippen molar-refractivity contribution in [1.29, 1.82) is 0 Å². The van der Waals surface area contributed by atoms with Gasteiger partial charge < -0.3 is 4.74 Å². The molecule has 0 aliphatic rings. The van der Waals surface area contributed by atoms with Crippen LogP contribution in [0.4, 0.5) is 0 Å². The number of ether oxygens (including phenoxy) is 1. The molecule has 2 aromatic carbocycles. The number of hydrogen-bond acceptors (Lipinski definition) is 3. The number of carbonyl (C=O) groups is 1. The molecular weight excluding hydrogens is 256 g/mol. The van der Waals surface area contributed by atoms with Crippen molar-refractivity contribution in [2.45, 2.75) is 17.1 Å². The first-order valence-electron chi connectivity index (χ1n) is 6.11. The number of para-hydroxylation sites is 1. The van der Waals surface area contributed by atoms with Gasteiger partial charge in [0.2, 0.25) is 0 Å². The summed E-state index contributed by atoms with van der Waals surface area (Å²) in [6.07, 6.45) is 0. The fraction of sp³-hybridized carbons (Fsp3) is 0.188. The van der Waals surface area contributed by atoms with E-state index < -0.39 is 0 Å². The molecule has 1 unspecified atom stereocenters. The number of thioether (sulfide) groups is 1. The van der Waals surface area contributed by atoms with Crippen LogP contribution in [-0.4, -0.2) is 18.1 Å². The lowest BCUT2D eigenvalue weighted by Crippen LogP contribution is -2.13. The highest BCUT2D eigenvalue weighted by Crippen LogP contribution is 2.32. The van der Waals surface area contributed by atoms with Crippen LogP contribution in [0.15, 0.2) is 59.5 Å². The van der Waals surface area contributed by atoms with E-state index in [1.54, 1.807) is 7.11 Å². The minimum atomic E-state index is -0.140. The van der Waals surface area contributed by atoms with Crippen LogP contribution in [0.5, 0.6) is 5.75 Å². The third-order valence-electron chi connectivity index (χ3n) is 2.80. The monoisotopic (exact) mass is 272 g/mol. The summed E-state index contributed by atoms with van der Waals surface area (Å²) in [4.78, 5) is 13.3. The summed E-state index contributed by atoms with van der Waals surface area (Å²) in [5, 5.41) is -0.140. The van der Waals surface area contributed by atoms with Crippen molar-refractivity contribution in [3.05, 3.63) is 60.2 Å². The van der Waals surface area contributed by atoms with Crippen molar-refractivity contribution in [1.82, 2.24) is 0 Å². The van der Waals surface area contributed by atoms with Crippen molar-refractivity contribution in [3.63, 3.8) is 0 Å². The Bertz CT molecular complexity index is 552. The Morgan fingerprint density at radius 3 is 2.37 bits per heavy atom. The lowest BCUT2D eigenvalue weighted by atomic mass is 10.1. The van der Waals surface area contributed by atoms with E-state index in [0.717, 1.165) is 16.2 Å². The molecule has 98 valence electrons. The summed E-state index contributed by atoms with van der Waals surface area (Å²) in [5.74, 6) is 0.941. The molecule has 0 heterocycles. The summed E-state index contributed by atoms with van der Waals surface area (Å²) in [6.45, 7) is 1.92. The molecule has 2 rings (SSSR count). The quantitative estimate of drug-likeness (QED) is 0.606. The van der Waals surface area contributed by atoms with Gasteiger partial charge in [-0.05, 0) is 19.1 Å². The predicted octanol–water partition coefficient (Wildman–Crippen LogP) is 4.06. The molecule has 0 spiro atoms. The number of rotatable bonds is 5. The van der Waals surface area contributed by atoms with Gasteiger partial charge in [-0.3, -0.25) is 4.79 Å². The van der Waals surface area contributed by atoms with E-state index in [0.29, 0.717) is 0 Å². The minimum Gasteiger partial charge on any atom is -0.496 e. The molecular formula is C16H16O2S. The molecule has 2 nitrogen and oxygen atoms in total. The van der Waals surface area contributed by atoms with E-state index in [1.807, 2.05) is 61.5 Å². The zero-order valence-electron chi connectivity index (χ0n) is 11.0. The molecule has 0 amide bonds. The highest BCUT2D eigenvalue weighted by molar-refractivity contribution is 8.00. The number of carbonyl (C=O) groups excluding carboxylic acids is 1. The maximum absolute atomic E-state index is 12.3. The number of ketones is 1. The molecule has 1 atom stereocenters.